The Morgan fingerprint density at radius 2 is 2.28 bits per heavy atom. The quantitative estimate of drug-likeness (QED) is 0.820. The Hall–Kier alpha value is -2.55. The number of amides is 1. The molecule has 0 bridgehead atoms. The highest BCUT2D eigenvalue weighted by atomic mass is 16.5. The molecule has 4 rings (SSSR count). The fourth-order valence-electron chi connectivity index (χ4n) is 3.28. The molecular weight excluding hydrogens is 322 g/mol. The molecule has 4 heterocycles. The molecule has 2 aliphatic rings. The van der Waals surface area contributed by atoms with Crippen LogP contribution in [0.5, 0.6) is 0 Å². The number of aromatic nitrogens is 5. The summed E-state index contributed by atoms with van der Waals surface area (Å²) in [5, 5.41) is 11.3. The van der Waals surface area contributed by atoms with E-state index in [1.54, 1.807) is 18.6 Å². The molecule has 25 heavy (non-hydrogen) atoms. The minimum atomic E-state index is -0.259. The molecule has 0 aromatic carbocycles. The monoisotopic (exact) mass is 343 g/mol. The number of nitrogens with zero attached hydrogens (tertiary/aromatic N) is 6. The molecule has 1 unspecified atom stereocenters. The van der Waals surface area contributed by atoms with Gasteiger partial charge in [0.15, 0.2) is 5.82 Å². The summed E-state index contributed by atoms with van der Waals surface area (Å²) in [6.45, 7) is 3.55. The van der Waals surface area contributed by atoms with Crippen molar-refractivity contribution in [1.29, 1.82) is 0 Å². The van der Waals surface area contributed by atoms with E-state index >= 15 is 0 Å². The van der Waals surface area contributed by atoms with Crippen molar-refractivity contribution in [3.05, 3.63) is 30.2 Å². The SMILES string of the molecule is O=C(NCc1nnc2n1CCC2)C1COCCN(c2cnccn2)C1. The lowest BCUT2D eigenvalue weighted by Gasteiger charge is -2.23. The van der Waals surface area contributed by atoms with Crippen molar-refractivity contribution in [3.63, 3.8) is 0 Å². The third kappa shape index (κ3) is 3.46. The molecule has 0 aliphatic carbocycles. The summed E-state index contributed by atoms with van der Waals surface area (Å²) in [6.07, 6.45) is 7.06. The van der Waals surface area contributed by atoms with E-state index in [4.69, 9.17) is 4.74 Å². The fraction of sp³-hybridized carbons (Fsp3) is 0.562. The van der Waals surface area contributed by atoms with E-state index < -0.39 is 0 Å². The molecule has 132 valence electrons. The maximum absolute atomic E-state index is 12.6. The van der Waals surface area contributed by atoms with Crippen molar-refractivity contribution in [2.24, 2.45) is 5.92 Å². The molecule has 0 radical (unpaired) electrons. The lowest BCUT2D eigenvalue weighted by Crippen LogP contribution is -2.40. The van der Waals surface area contributed by atoms with Gasteiger partial charge in [-0.1, -0.05) is 0 Å². The minimum absolute atomic E-state index is 0.0360. The number of carbonyl (C=O) groups excluding carboxylic acids is 1. The molecule has 1 saturated heterocycles. The Labute approximate surface area is 145 Å². The second-order valence-corrected chi connectivity index (χ2v) is 6.29. The van der Waals surface area contributed by atoms with Gasteiger partial charge in [0.25, 0.3) is 0 Å². The topological polar surface area (TPSA) is 98.1 Å². The van der Waals surface area contributed by atoms with Crippen LogP contribution in [0.25, 0.3) is 0 Å². The van der Waals surface area contributed by atoms with Crippen LogP contribution in [0.4, 0.5) is 5.82 Å². The average molecular weight is 343 g/mol. The van der Waals surface area contributed by atoms with Crippen molar-refractivity contribution >= 4 is 11.7 Å². The van der Waals surface area contributed by atoms with Gasteiger partial charge in [-0.3, -0.25) is 9.78 Å². The molecule has 1 amide bonds. The Morgan fingerprint density at radius 1 is 1.32 bits per heavy atom. The standard InChI is InChI=1S/C16H21N7O2/c24-16(19-9-15-21-20-13-2-1-5-23(13)15)12-10-22(6-7-25-11-12)14-8-17-3-4-18-14/h3-4,8,12H,1-2,5-7,9-11H2,(H,19,24). The van der Waals surface area contributed by atoms with Crippen LogP contribution in [-0.2, 0) is 29.0 Å². The average Bonchev–Trinajstić information content (AvgIpc) is 3.17. The van der Waals surface area contributed by atoms with Gasteiger partial charge >= 0.3 is 0 Å². The number of hydrogen-bond donors (Lipinski definition) is 1. The third-order valence-electron chi connectivity index (χ3n) is 4.62. The zero-order valence-corrected chi connectivity index (χ0v) is 14.0. The first-order chi connectivity index (χ1) is 12.3. The van der Waals surface area contributed by atoms with E-state index in [2.05, 4.69) is 30.0 Å². The largest absolute Gasteiger partial charge is 0.379 e. The fourth-order valence-corrected chi connectivity index (χ4v) is 3.28. The van der Waals surface area contributed by atoms with E-state index in [-0.39, 0.29) is 11.8 Å². The summed E-state index contributed by atoms with van der Waals surface area (Å²) in [5.41, 5.74) is 0. The van der Waals surface area contributed by atoms with Crippen LogP contribution in [0, 0.1) is 5.92 Å². The van der Waals surface area contributed by atoms with E-state index in [1.807, 2.05) is 4.90 Å². The Kier molecular flexibility index (Phi) is 4.55. The predicted octanol–water partition coefficient (Wildman–Crippen LogP) is -0.216. The van der Waals surface area contributed by atoms with Crippen LogP contribution in [0.1, 0.15) is 18.1 Å². The van der Waals surface area contributed by atoms with Crippen molar-refractivity contribution in [3.8, 4) is 0 Å². The van der Waals surface area contributed by atoms with Gasteiger partial charge in [0.1, 0.15) is 11.6 Å². The number of nitrogens with one attached hydrogen (secondary N) is 1. The number of carbonyl (C=O) groups is 1. The molecule has 2 aromatic heterocycles. The van der Waals surface area contributed by atoms with Gasteiger partial charge in [0.2, 0.25) is 5.91 Å². The van der Waals surface area contributed by atoms with Gasteiger partial charge < -0.3 is 19.5 Å². The number of hydrogen-bond acceptors (Lipinski definition) is 7. The Balaban J connectivity index is 1.38. The number of ether oxygens (including phenoxy) is 1. The van der Waals surface area contributed by atoms with Crippen LogP contribution in [0.3, 0.4) is 0 Å². The lowest BCUT2D eigenvalue weighted by atomic mass is 10.1. The van der Waals surface area contributed by atoms with Crippen molar-refractivity contribution < 1.29 is 9.53 Å². The lowest BCUT2D eigenvalue weighted by molar-refractivity contribution is -0.126. The molecule has 0 spiro atoms. The summed E-state index contributed by atoms with van der Waals surface area (Å²) >= 11 is 0. The van der Waals surface area contributed by atoms with Crippen LogP contribution >= 0.6 is 0 Å². The second kappa shape index (κ2) is 7.14. The van der Waals surface area contributed by atoms with Crippen molar-refractivity contribution in [2.45, 2.75) is 25.9 Å². The highest BCUT2D eigenvalue weighted by Crippen LogP contribution is 2.16. The number of aryl methyl sites for hydroxylation is 1. The van der Waals surface area contributed by atoms with E-state index in [0.717, 1.165) is 36.9 Å². The third-order valence-corrected chi connectivity index (χ3v) is 4.62. The van der Waals surface area contributed by atoms with Gasteiger partial charge in [0, 0.05) is 38.4 Å². The number of anilines is 1. The second-order valence-electron chi connectivity index (χ2n) is 6.29. The van der Waals surface area contributed by atoms with Crippen molar-refractivity contribution in [1.82, 2.24) is 30.0 Å². The maximum Gasteiger partial charge on any atom is 0.227 e. The van der Waals surface area contributed by atoms with E-state index in [1.165, 1.54) is 0 Å². The predicted molar refractivity (Wildman–Crippen MR) is 88.7 cm³/mol. The van der Waals surface area contributed by atoms with Crippen molar-refractivity contribution in [2.75, 3.05) is 31.2 Å². The van der Waals surface area contributed by atoms with Gasteiger partial charge in [0.05, 0.1) is 31.9 Å². The molecular formula is C16H21N7O2. The zero-order valence-electron chi connectivity index (χ0n) is 14.0. The number of fused-ring (bicyclic) bond motifs is 1. The van der Waals surface area contributed by atoms with E-state index in [9.17, 15) is 4.79 Å². The highest BCUT2D eigenvalue weighted by Gasteiger charge is 2.26. The molecule has 1 atom stereocenters. The number of rotatable bonds is 4. The summed E-state index contributed by atoms with van der Waals surface area (Å²) < 4.78 is 7.70. The van der Waals surface area contributed by atoms with E-state index in [0.29, 0.717) is 32.8 Å². The molecule has 9 nitrogen and oxygen atoms in total. The smallest absolute Gasteiger partial charge is 0.227 e. The molecule has 1 fully saturated rings. The maximum atomic E-state index is 12.6. The molecule has 2 aromatic rings. The van der Waals surface area contributed by atoms with Gasteiger partial charge in [-0.15, -0.1) is 10.2 Å². The van der Waals surface area contributed by atoms with Crippen LogP contribution in [0.2, 0.25) is 0 Å². The normalized spacial score (nSPS) is 20.2. The Bertz CT molecular complexity index is 733. The zero-order chi connectivity index (χ0) is 17.1. The van der Waals surface area contributed by atoms with Crippen LogP contribution < -0.4 is 10.2 Å². The first-order valence-electron chi connectivity index (χ1n) is 8.58. The van der Waals surface area contributed by atoms with Gasteiger partial charge in [-0.25, -0.2) is 4.98 Å². The first-order valence-corrected chi connectivity index (χ1v) is 8.58. The van der Waals surface area contributed by atoms with Crippen LogP contribution in [-0.4, -0.2) is 56.9 Å². The summed E-state index contributed by atoms with van der Waals surface area (Å²) in [4.78, 5) is 23.1. The molecule has 2 aliphatic heterocycles. The summed E-state index contributed by atoms with van der Waals surface area (Å²) in [6, 6.07) is 0. The van der Waals surface area contributed by atoms with Gasteiger partial charge in [-0.2, -0.15) is 0 Å². The summed E-state index contributed by atoms with van der Waals surface area (Å²) in [5.74, 6) is 2.30. The molecule has 0 saturated carbocycles. The molecule has 1 N–H and O–H groups in total. The molecule has 9 heteroatoms. The highest BCUT2D eigenvalue weighted by molar-refractivity contribution is 5.79. The van der Waals surface area contributed by atoms with Gasteiger partial charge in [-0.05, 0) is 6.42 Å². The van der Waals surface area contributed by atoms with Crippen LogP contribution in [0.15, 0.2) is 18.6 Å². The first kappa shape index (κ1) is 15.9. The minimum Gasteiger partial charge on any atom is -0.379 e. The summed E-state index contributed by atoms with van der Waals surface area (Å²) in [7, 11) is 0. The Morgan fingerprint density at radius 3 is 3.16 bits per heavy atom.